The molecule has 0 aromatic heterocycles. The lowest BCUT2D eigenvalue weighted by Gasteiger charge is -2.34. The minimum absolute atomic E-state index is 0.0341. The van der Waals surface area contributed by atoms with Crippen LogP contribution < -0.4 is 5.32 Å². The molecule has 0 aliphatic carbocycles. The van der Waals surface area contributed by atoms with Gasteiger partial charge in [0, 0.05) is 37.9 Å². The van der Waals surface area contributed by atoms with Crippen LogP contribution in [0.4, 0.5) is 0 Å². The molecule has 1 fully saturated rings. The molecule has 2 amide bonds. The number of amides is 2. The highest BCUT2D eigenvalue weighted by Gasteiger charge is 2.35. The van der Waals surface area contributed by atoms with Crippen molar-refractivity contribution in [3.63, 3.8) is 0 Å². The zero-order valence-electron chi connectivity index (χ0n) is 12.3. The molecule has 2 aliphatic heterocycles. The van der Waals surface area contributed by atoms with Crippen molar-refractivity contribution < 1.29 is 24.2 Å². The van der Waals surface area contributed by atoms with E-state index in [1.165, 1.54) is 6.08 Å². The van der Waals surface area contributed by atoms with Gasteiger partial charge < -0.3 is 9.84 Å². The predicted octanol–water partition coefficient (Wildman–Crippen LogP) is 0.546. The van der Waals surface area contributed by atoms with Crippen LogP contribution in [0.2, 0.25) is 0 Å². The molecule has 1 saturated heterocycles. The summed E-state index contributed by atoms with van der Waals surface area (Å²) in [6, 6.07) is 0. The third-order valence-electron chi connectivity index (χ3n) is 4.10. The van der Waals surface area contributed by atoms with Crippen LogP contribution in [-0.4, -0.2) is 35.4 Å². The maximum atomic E-state index is 12.0. The average Bonchev–Trinajstić information content (AvgIpc) is 2.40. The topological polar surface area (TPSA) is 92.7 Å². The lowest BCUT2D eigenvalue weighted by molar-refractivity contribution is -0.134. The molecule has 3 atom stereocenters. The number of hydrogen-bond acceptors (Lipinski definition) is 5. The molecule has 0 aromatic carbocycles. The van der Waals surface area contributed by atoms with Crippen LogP contribution in [0.3, 0.4) is 0 Å². The van der Waals surface area contributed by atoms with E-state index in [-0.39, 0.29) is 60.9 Å². The fraction of sp³-hybridized carbons (Fsp3) is 0.667. The summed E-state index contributed by atoms with van der Waals surface area (Å²) in [5.41, 5.74) is 0. The smallest absolute Gasteiger partial charge is 0.226 e. The van der Waals surface area contributed by atoms with Gasteiger partial charge in [-0.05, 0) is 5.92 Å². The molecule has 2 N–H and O–H groups in total. The SMILES string of the molecule is CC(CO)C1OC(CC2CC(=O)NC(=O)C2)=CC(=O)C1C. The van der Waals surface area contributed by atoms with Gasteiger partial charge in [-0.3, -0.25) is 19.7 Å². The van der Waals surface area contributed by atoms with Crippen LogP contribution >= 0.6 is 0 Å². The Balaban J connectivity index is 2.05. The molecule has 0 saturated carbocycles. The quantitative estimate of drug-likeness (QED) is 0.739. The fourth-order valence-electron chi connectivity index (χ4n) is 2.87. The molecule has 6 nitrogen and oxygen atoms in total. The molecular formula is C15H21NO5. The lowest BCUT2D eigenvalue weighted by Crippen LogP contribution is -2.40. The predicted molar refractivity (Wildman–Crippen MR) is 73.9 cm³/mol. The number of aliphatic hydroxyl groups is 1. The van der Waals surface area contributed by atoms with Gasteiger partial charge in [-0.2, -0.15) is 0 Å². The van der Waals surface area contributed by atoms with Crippen LogP contribution in [0, 0.1) is 17.8 Å². The maximum Gasteiger partial charge on any atom is 0.226 e. The second-order valence-corrected chi connectivity index (χ2v) is 5.99. The van der Waals surface area contributed by atoms with E-state index in [9.17, 15) is 19.5 Å². The number of allylic oxidation sites excluding steroid dienone is 2. The number of carbonyl (C=O) groups is 3. The first-order valence-electron chi connectivity index (χ1n) is 7.25. The van der Waals surface area contributed by atoms with Crippen molar-refractivity contribution in [2.24, 2.45) is 17.8 Å². The Morgan fingerprint density at radius 2 is 1.95 bits per heavy atom. The van der Waals surface area contributed by atoms with Gasteiger partial charge >= 0.3 is 0 Å². The van der Waals surface area contributed by atoms with Crippen molar-refractivity contribution in [2.45, 2.75) is 39.2 Å². The van der Waals surface area contributed by atoms with Crippen molar-refractivity contribution in [1.82, 2.24) is 5.32 Å². The number of ether oxygens (including phenoxy) is 1. The third-order valence-corrected chi connectivity index (χ3v) is 4.10. The van der Waals surface area contributed by atoms with E-state index in [1.54, 1.807) is 6.92 Å². The van der Waals surface area contributed by atoms with Crippen LogP contribution in [0.5, 0.6) is 0 Å². The summed E-state index contributed by atoms with van der Waals surface area (Å²) in [5, 5.41) is 11.5. The zero-order valence-corrected chi connectivity index (χ0v) is 12.3. The molecule has 3 unspecified atom stereocenters. The van der Waals surface area contributed by atoms with E-state index in [2.05, 4.69) is 5.32 Å². The fourth-order valence-corrected chi connectivity index (χ4v) is 2.87. The third kappa shape index (κ3) is 3.69. The van der Waals surface area contributed by atoms with Crippen molar-refractivity contribution in [3.05, 3.63) is 11.8 Å². The van der Waals surface area contributed by atoms with Crippen molar-refractivity contribution in [1.29, 1.82) is 0 Å². The molecule has 6 heteroatoms. The van der Waals surface area contributed by atoms with E-state index >= 15 is 0 Å². The molecule has 0 bridgehead atoms. The second kappa shape index (κ2) is 6.39. The standard InChI is InChI=1S/C15H21NO5/c1-8(7-17)15-9(2)12(18)6-11(21-15)3-10-4-13(19)16-14(20)5-10/h6,8-10,15,17H,3-5,7H2,1-2H3,(H,16,19,20). The van der Waals surface area contributed by atoms with E-state index in [0.29, 0.717) is 12.2 Å². The largest absolute Gasteiger partial charge is 0.494 e. The highest BCUT2D eigenvalue weighted by molar-refractivity contribution is 5.97. The number of rotatable bonds is 4. The van der Waals surface area contributed by atoms with Crippen LogP contribution in [-0.2, 0) is 19.1 Å². The van der Waals surface area contributed by atoms with Crippen molar-refractivity contribution in [3.8, 4) is 0 Å². The summed E-state index contributed by atoms with van der Waals surface area (Å²) < 4.78 is 5.83. The maximum absolute atomic E-state index is 12.0. The molecular weight excluding hydrogens is 274 g/mol. The van der Waals surface area contributed by atoms with Crippen molar-refractivity contribution in [2.75, 3.05) is 6.61 Å². The highest BCUT2D eigenvalue weighted by Crippen LogP contribution is 2.31. The minimum atomic E-state index is -0.365. The Bertz CT molecular complexity index is 468. The monoisotopic (exact) mass is 295 g/mol. The van der Waals surface area contributed by atoms with Gasteiger partial charge in [0.1, 0.15) is 11.9 Å². The Hall–Kier alpha value is -1.69. The lowest BCUT2D eigenvalue weighted by atomic mass is 9.86. The van der Waals surface area contributed by atoms with E-state index in [0.717, 1.165) is 0 Å². The van der Waals surface area contributed by atoms with E-state index in [4.69, 9.17) is 4.74 Å². The zero-order chi connectivity index (χ0) is 15.6. The Labute approximate surface area is 123 Å². The number of hydrogen-bond donors (Lipinski definition) is 2. The number of imide groups is 1. The molecule has 0 spiro atoms. The van der Waals surface area contributed by atoms with Crippen LogP contribution in [0.25, 0.3) is 0 Å². The van der Waals surface area contributed by atoms with Gasteiger partial charge in [0.05, 0.1) is 5.92 Å². The Morgan fingerprint density at radius 1 is 1.33 bits per heavy atom. The summed E-state index contributed by atoms with van der Waals surface area (Å²) in [6.45, 7) is 3.55. The molecule has 0 aromatic rings. The molecule has 21 heavy (non-hydrogen) atoms. The first-order valence-corrected chi connectivity index (χ1v) is 7.25. The van der Waals surface area contributed by atoms with Crippen LogP contribution in [0.1, 0.15) is 33.1 Å². The molecule has 2 aliphatic rings. The summed E-state index contributed by atoms with van der Waals surface area (Å²) in [4.78, 5) is 34.8. The highest BCUT2D eigenvalue weighted by atomic mass is 16.5. The summed E-state index contributed by atoms with van der Waals surface area (Å²) in [6.07, 6.45) is 2.01. The number of piperidine rings is 1. The van der Waals surface area contributed by atoms with Gasteiger partial charge in [0.2, 0.25) is 11.8 Å². The summed E-state index contributed by atoms with van der Waals surface area (Å²) in [7, 11) is 0. The van der Waals surface area contributed by atoms with Gasteiger partial charge in [-0.1, -0.05) is 13.8 Å². The minimum Gasteiger partial charge on any atom is -0.494 e. The van der Waals surface area contributed by atoms with E-state index < -0.39 is 0 Å². The second-order valence-electron chi connectivity index (χ2n) is 5.99. The van der Waals surface area contributed by atoms with Gasteiger partial charge in [-0.15, -0.1) is 0 Å². The molecule has 2 heterocycles. The van der Waals surface area contributed by atoms with Crippen LogP contribution in [0.15, 0.2) is 11.8 Å². The van der Waals surface area contributed by atoms with Gasteiger partial charge in [0.25, 0.3) is 0 Å². The Kier molecular flexibility index (Phi) is 4.77. The first-order chi connectivity index (χ1) is 9.90. The normalized spacial score (nSPS) is 28.7. The van der Waals surface area contributed by atoms with Gasteiger partial charge in [0.15, 0.2) is 5.78 Å². The van der Waals surface area contributed by atoms with Crippen molar-refractivity contribution >= 4 is 17.6 Å². The summed E-state index contributed by atoms with van der Waals surface area (Å²) >= 11 is 0. The molecule has 2 rings (SSSR count). The first kappa shape index (κ1) is 15.7. The number of ketones is 1. The Morgan fingerprint density at radius 3 is 2.52 bits per heavy atom. The number of nitrogens with one attached hydrogen (secondary N) is 1. The van der Waals surface area contributed by atoms with Gasteiger partial charge in [-0.25, -0.2) is 0 Å². The molecule has 116 valence electrons. The average molecular weight is 295 g/mol. The van der Waals surface area contributed by atoms with E-state index in [1.807, 2.05) is 6.92 Å². The molecule has 0 radical (unpaired) electrons. The number of carbonyl (C=O) groups excluding carboxylic acids is 3. The summed E-state index contributed by atoms with van der Waals surface area (Å²) in [5.74, 6) is -0.677. The number of aliphatic hydroxyl groups excluding tert-OH is 1.